The van der Waals surface area contributed by atoms with Crippen molar-refractivity contribution >= 4 is 29.4 Å². The maximum Gasteiger partial charge on any atom is 0.221 e. The first-order valence-corrected chi connectivity index (χ1v) is 6.88. The van der Waals surface area contributed by atoms with Crippen molar-refractivity contribution in [1.82, 2.24) is 0 Å². The Kier molecular flexibility index (Phi) is 4.77. The summed E-state index contributed by atoms with van der Waals surface area (Å²) in [7, 11) is 4.06. The van der Waals surface area contributed by atoms with Crippen molar-refractivity contribution in [2.75, 3.05) is 24.3 Å². The predicted molar refractivity (Wildman–Crippen MR) is 90.4 cm³/mol. The second kappa shape index (κ2) is 6.75. The third-order valence-electron chi connectivity index (χ3n) is 3.11. The summed E-state index contributed by atoms with van der Waals surface area (Å²) in [6.07, 6.45) is 4.13. The van der Waals surface area contributed by atoms with Crippen LogP contribution >= 0.6 is 0 Å². The predicted octanol–water partition coefficient (Wildman–Crippen LogP) is 3.88. The SMILES string of the molecule is CC(=O)Nc1ccc(C=Cc2ccc(N(C)C)cc2)cc1. The second-order valence-corrected chi connectivity index (χ2v) is 5.12. The number of benzene rings is 2. The molecular weight excluding hydrogens is 260 g/mol. The summed E-state index contributed by atoms with van der Waals surface area (Å²) in [6, 6.07) is 16.1. The van der Waals surface area contributed by atoms with Gasteiger partial charge < -0.3 is 10.2 Å². The monoisotopic (exact) mass is 280 g/mol. The summed E-state index contributed by atoms with van der Waals surface area (Å²) >= 11 is 0. The molecule has 3 nitrogen and oxygen atoms in total. The van der Waals surface area contributed by atoms with E-state index < -0.39 is 0 Å². The molecule has 0 bridgehead atoms. The molecule has 0 aromatic heterocycles. The molecule has 0 aliphatic carbocycles. The zero-order chi connectivity index (χ0) is 15.2. The van der Waals surface area contributed by atoms with Gasteiger partial charge in [0.1, 0.15) is 0 Å². The third kappa shape index (κ3) is 4.49. The number of hydrogen-bond donors (Lipinski definition) is 1. The molecule has 0 radical (unpaired) electrons. The van der Waals surface area contributed by atoms with Crippen LogP contribution in [0.15, 0.2) is 48.5 Å². The van der Waals surface area contributed by atoms with E-state index >= 15 is 0 Å². The topological polar surface area (TPSA) is 32.3 Å². The third-order valence-corrected chi connectivity index (χ3v) is 3.11. The Morgan fingerprint density at radius 2 is 1.38 bits per heavy atom. The summed E-state index contributed by atoms with van der Waals surface area (Å²) < 4.78 is 0. The van der Waals surface area contributed by atoms with Gasteiger partial charge in [0.2, 0.25) is 5.91 Å². The molecule has 0 saturated carbocycles. The van der Waals surface area contributed by atoms with E-state index in [1.807, 2.05) is 38.4 Å². The Hall–Kier alpha value is -2.55. The molecule has 0 atom stereocenters. The van der Waals surface area contributed by atoms with Gasteiger partial charge in [-0.05, 0) is 35.4 Å². The van der Waals surface area contributed by atoms with Crippen LogP contribution < -0.4 is 10.2 Å². The van der Waals surface area contributed by atoms with Crippen molar-refractivity contribution in [3.05, 3.63) is 59.7 Å². The van der Waals surface area contributed by atoms with Crippen LogP contribution in [0.1, 0.15) is 18.1 Å². The highest BCUT2D eigenvalue weighted by Crippen LogP contribution is 2.15. The highest BCUT2D eigenvalue weighted by molar-refractivity contribution is 5.88. The van der Waals surface area contributed by atoms with Crippen LogP contribution in [-0.2, 0) is 4.79 Å². The molecule has 2 aromatic carbocycles. The summed E-state index contributed by atoms with van der Waals surface area (Å²) in [4.78, 5) is 13.0. The van der Waals surface area contributed by atoms with Crippen molar-refractivity contribution in [3.8, 4) is 0 Å². The van der Waals surface area contributed by atoms with Crippen molar-refractivity contribution in [3.63, 3.8) is 0 Å². The van der Waals surface area contributed by atoms with Gasteiger partial charge in [-0.3, -0.25) is 4.79 Å². The summed E-state index contributed by atoms with van der Waals surface area (Å²) in [5.74, 6) is -0.0562. The minimum absolute atomic E-state index is 0.0562. The van der Waals surface area contributed by atoms with E-state index in [1.54, 1.807) is 0 Å². The first-order chi connectivity index (χ1) is 10.0. The molecule has 2 rings (SSSR count). The van der Waals surface area contributed by atoms with Crippen LogP contribution in [-0.4, -0.2) is 20.0 Å². The molecule has 0 fully saturated rings. The van der Waals surface area contributed by atoms with Crippen LogP contribution in [0, 0.1) is 0 Å². The number of hydrogen-bond acceptors (Lipinski definition) is 2. The molecule has 0 spiro atoms. The van der Waals surface area contributed by atoms with Gasteiger partial charge in [0.25, 0.3) is 0 Å². The minimum Gasteiger partial charge on any atom is -0.378 e. The fraction of sp³-hybridized carbons (Fsp3) is 0.167. The lowest BCUT2D eigenvalue weighted by Crippen LogP contribution is -2.07. The van der Waals surface area contributed by atoms with E-state index in [0.717, 1.165) is 16.8 Å². The second-order valence-electron chi connectivity index (χ2n) is 5.12. The van der Waals surface area contributed by atoms with Gasteiger partial charge >= 0.3 is 0 Å². The van der Waals surface area contributed by atoms with E-state index in [4.69, 9.17) is 0 Å². The molecule has 0 aliphatic rings. The summed E-state index contributed by atoms with van der Waals surface area (Å²) in [6.45, 7) is 1.51. The highest BCUT2D eigenvalue weighted by Gasteiger charge is 1.95. The average molecular weight is 280 g/mol. The van der Waals surface area contributed by atoms with E-state index in [2.05, 4.69) is 46.6 Å². The van der Waals surface area contributed by atoms with Gasteiger partial charge in [-0.25, -0.2) is 0 Å². The highest BCUT2D eigenvalue weighted by atomic mass is 16.1. The number of nitrogens with zero attached hydrogens (tertiary/aromatic N) is 1. The van der Waals surface area contributed by atoms with E-state index in [0.29, 0.717) is 0 Å². The Labute approximate surface area is 125 Å². The fourth-order valence-electron chi connectivity index (χ4n) is 1.96. The Bertz CT molecular complexity index is 625. The van der Waals surface area contributed by atoms with Gasteiger partial charge in [0.05, 0.1) is 0 Å². The lowest BCUT2D eigenvalue weighted by atomic mass is 10.1. The van der Waals surface area contributed by atoms with Crippen LogP contribution in [0.25, 0.3) is 12.2 Å². The number of carbonyl (C=O) groups is 1. The molecule has 0 saturated heterocycles. The normalized spacial score (nSPS) is 10.6. The van der Waals surface area contributed by atoms with Gasteiger partial charge in [-0.1, -0.05) is 36.4 Å². The number of nitrogens with one attached hydrogen (secondary N) is 1. The van der Waals surface area contributed by atoms with E-state index in [9.17, 15) is 4.79 Å². The summed E-state index contributed by atoms with van der Waals surface area (Å²) in [5, 5.41) is 2.75. The molecule has 1 amide bonds. The van der Waals surface area contributed by atoms with Crippen LogP contribution in [0.5, 0.6) is 0 Å². The van der Waals surface area contributed by atoms with Gasteiger partial charge in [-0.2, -0.15) is 0 Å². The molecule has 2 aromatic rings. The lowest BCUT2D eigenvalue weighted by molar-refractivity contribution is -0.114. The Morgan fingerprint density at radius 3 is 1.81 bits per heavy atom. The first-order valence-electron chi connectivity index (χ1n) is 6.88. The number of rotatable bonds is 4. The van der Waals surface area contributed by atoms with Crippen LogP contribution in [0.2, 0.25) is 0 Å². The van der Waals surface area contributed by atoms with Crippen molar-refractivity contribution in [1.29, 1.82) is 0 Å². The first kappa shape index (κ1) is 14.9. The maximum atomic E-state index is 11.0. The zero-order valence-corrected chi connectivity index (χ0v) is 12.6. The lowest BCUT2D eigenvalue weighted by Gasteiger charge is -2.11. The van der Waals surface area contributed by atoms with Gasteiger partial charge in [0.15, 0.2) is 0 Å². The fourth-order valence-corrected chi connectivity index (χ4v) is 1.96. The summed E-state index contributed by atoms with van der Waals surface area (Å²) in [5.41, 5.74) is 4.26. The molecule has 0 heterocycles. The Balaban J connectivity index is 2.05. The maximum absolute atomic E-state index is 11.0. The van der Waals surface area contributed by atoms with Gasteiger partial charge in [0, 0.05) is 32.4 Å². The van der Waals surface area contributed by atoms with Crippen LogP contribution in [0.3, 0.4) is 0 Å². The van der Waals surface area contributed by atoms with Crippen molar-refractivity contribution in [2.45, 2.75) is 6.92 Å². The number of amides is 1. The quantitative estimate of drug-likeness (QED) is 0.862. The average Bonchev–Trinajstić information content (AvgIpc) is 2.46. The van der Waals surface area contributed by atoms with E-state index in [-0.39, 0.29) is 5.91 Å². The zero-order valence-electron chi connectivity index (χ0n) is 12.6. The van der Waals surface area contributed by atoms with E-state index in [1.165, 1.54) is 12.6 Å². The Morgan fingerprint density at radius 1 is 0.905 bits per heavy atom. The molecule has 21 heavy (non-hydrogen) atoms. The molecule has 3 heteroatoms. The van der Waals surface area contributed by atoms with Gasteiger partial charge in [-0.15, -0.1) is 0 Å². The minimum atomic E-state index is -0.0562. The number of anilines is 2. The molecule has 108 valence electrons. The molecule has 0 unspecified atom stereocenters. The largest absolute Gasteiger partial charge is 0.378 e. The number of carbonyl (C=O) groups excluding carboxylic acids is 1. The standard InChI is InChI=1S/C18H20N2O/c1-14(21)19-17-10-6-15(7-11-17)4-5-16-8-12-18(13-9-16)20(2)3/h4-13H,1-3H3,(H,19,21). The molecule has 1 N–H and O–H groups in total. The molecular formula is C18H20N2O. The van der Waals surface area contributed by atoms with Crippen LogP contribution in [0.4, 0.5) is 11.4 Å². The smallest absolute Gasteiger partial charge is 0.221 e. The molecule has 0 aliphatic heterocycles. The van der Waals surface area contributed by atoms with Crippen molar-refractivity contribution < 1.29 is 4.79 Å². The van der Waals surface area contributed by atoms with Crippen molar-refractivity contribution in [2.24, 2.45) is 0 Å².